The Morgan fingerprint density at radius 2 is 1.71 bits per heavy atom. The highest BCUT2D eigenvalue weighted by molar-refractivity contribution is 5.78. The molecular formula is C21H25NO2. The summed E-state index contributed by atoms with van der Waals surface area (Å²) in [6.45, 7) is 0.612. The molecule has 0 aromatic heterocycles. The Hall–Kier alpha value is -2.13. The molecule has 2 aromatic carbocycles. The molecule has 0 aliphatic heterocycles. The Balaban J connectivity index is 1.62. The molecule has 3 heteroatoms. The maximum absolute atomic E-state index is 12.6. The Morgan fingerprint density at radius 1 is 1.04 bits per heavy atom. The average Bonchev–Trinajstić information content (AvgIpc) is 2.62. The molecule has 1 aliphatic carbocycles. The van der Waals surface area contributed by atoms with Crippen LogP contribution in [0.5, 0.6) is 0 Å². The highest BCUT2D eigenvalue weighted by Crippen LogP contribution is 2.26. The van der Waals surface area contributed by atoms with Crippen molar-refractivity contribution in [3.63, 3.8) is 0 Å². The van der Waals surface area contributed by atoms with Gasteiger partial charge in [0.25, 0.3) is 0 Å². The number of aliphatic hydroxyl groups is 1. The summed E-state index contributed by atoms with van der Waals surface area (Å²) >= 11 is 0. The number of aliphatic hydroxyl groups excluding tert-OH is 1. The van der Waals surface area contributed by atoms with Gasteiger partial charge in [0, 0.05) is 19.5 Å². The Bertz CT molecular complexity index is 666. The van der Waals surface area contributed by atoms with Gasteiger partial charge in [0.2, 0.25) is 5.91 Å². The number of benzene rings is 2. The van der Waals surface area contributed by atoms with E-state index in [0.29, 0.717) is 13.0 Å². The van der Waals surface area contributed by atoms with E-state index < -0.39 is 0 Å². The summed E-state index contributed by atoms with van der Waals surface area (Å²) in [7, 11) is 1.86. The molecule has 1 amide bonds. The molecule has 0 saturated heterocycles. The number of amides is 1. The molecular weight excluding hydrogens is 298 g/mol. The maximum atomic E-state index is 12.6. The van der Waals surface area contributed by atoms with E-state index in [1.165, 1.54) is 11.1 Å². The Morgan fingerprint density at radius 3 is 2.38 bits per heavy atom. The predicted octanol–water partition coefficient (Wildman–Crippen LogP) is 3.86. The molecule has 24 heavy (non-hydrogen) atoms. The van der Waals surface area contributed by atoms with E-state index >= 15 is 0 Å². The second-order valence-electron chi connectivity index (χ2n) is 6.77. The van der Waals surface area contributed by atoms with Gasteiger partial charge in [0.15, 0.2) is 0 Å². The summed E-state index contributed by atoms with van der Waals surface area (Å²) < 4.78 is 0. The smallest absolute Gasteiger partial charge is 0.225 e. The van der Waals surface area contributed by atoms with Gasteiger partial charge in [-0.3, -0.25) is 4.79 Å². The molecule has 0 unspecified atom stereocenters. The lowest BCUT2D eigenvalue weighted by molar-refractivity contribution is -0.137. The van der Waals surface area contributed by atoms with E-state index in [1.54, 1.807) is 4.90 Å². The van der Waals surface area contributed by atoms with Crippen LogP contribution in [0.4, 0.5) is 0 Å². The summed E-state index contributed by atoms with van der Waals surface area (Å²) in [5, 5.41) is 9.77. The van der Waals surface area contributed by atoms with E-state index in [-0.39, 0.29) is 17.9 Å². The lowest BCUT2D eigenvalue weighted by Crippen LogP contribution is -2.36. The fourth-order valence-corrected chi connectivity index (χ4v) is 3.48. The fourth-order valence-electron chi connectivity index (χ4n) is 3.48. The molecule has 1 N–H and O–H groups in total. The monoisotopic (exact) mass is 323 g/mol. The normalized spacial score (nSPS) is 20.6. The van der Waals surface area contributed by atoms with Crippen LogP contribution in [-0.4, -0.2) is 29.1 Å². The number of hydrogen-bond acceptors (Lipinski definition) is 2. The van der Waals surface area contributed by atoms with Crippen molar-refractivity contribution >= 4 is 5.91 Å². The standard InChI is InChI=1S/C21H25NO2/c1-22(21(24)19-8-5-9-20(23)14-19)15-16-10-12-18(13-11-16)17-6-3-2-4-7-17/h2-4,6-7,10-13,19-20,23H,5,8-9,14-15H2,1H3/t19-,20-/m1/s1. The van der Waals surface area contributed by atoms with E-state index in [1.807, 2.05) is 25.2 Å². The van der Waals surface area contributed by atoms with Crippen LogP contribution >= 0.6 is 0 Å². The van der Waals surface area contributed by atoms with Crippen molar-refractivity contribution in [3.8, 4) is 11.1 Å². The molecule has 2 atom stereocenters. The minimum atomic E-state index is -0.314. The van der Waals surface area contributed by atoms with Gasteiger partial charge >= 0.3 is 0 Å². The first-order chi connectivity index (χ1) is 11.6. The van der Waals surface area contributed by atoms with E-state index in [4.69, 9.17) is 0 Å². The van der Waals surface area contributed by atoms with Crippen LogP contribution in [0.15, 0.2) is 54.6 Å². The number of carbonyl (C=O) groups excluding carboxylic acids is 1. The molecule has 0 heterocycles. The van der Waals surface area contributed by atoms with Crippen molar-refractivity contribution in [2.24, 2.45) is 5.92 Å². The van der Waals surface area contributed by atoms with Crippen molar-refractivity contribution in [2.75, 3.05) is 7.05 Å². The quantitative estimate of drug-likeness (QED) is 0.928. The molecule has 0 spiro atoms. The van der Waals surface area contributed by atoms with Crippen LogP contribution in [0.1, 0.15) is 31.2 Å². The zero-order valence-corrected chi connectivity index (χ0v) is 14.2. The summed E-state index contributed by atoms with van der Waals surface area (Å²) in [6, 6.07) is 18.7. The lowest BCUT2D eigenvalue weighted by atomic mass is 9.86. The Kier molecular flexibility index (Phi) is 5.31. The first-order valence-corrected chi connectivity index (χ1v) is 8.71. The highest BCUT2D eigenvalue weighted by Gasteiger charge is 2.28. The van der Waals surface area contributed by atoms with Crippen LogP contribution < -0.4 is 0 Å². The minimum absolute atomic E-state index is 0.0256. The van der Waals surface area contributed by atoms with E-state index in [9.17, 15) is 9.90 Å². The fraction of sp³-hybridized carbons (Fsp3) is 0.381. The van der Waals surface area contributed by atoms with Crippen molar-refractivity contribution in [1.29, 1.82) is 0 Å². The number of nitrogens with zero attached hydrogens (tertiary/aromatic N) is 1. The predicted molar refractivity (Wildman–Crippen MR) is 96.3 cm³/mol. The molecule has 1 saturated carbocycles. The van der Waals surface area contributed by atoms with Gasteiger partial charge in [0.1, 0.15) is 0 Å². The van der Waals surface area contributed by atoms with Crippen LogP contribution in [0.2, 0.25) is 0 Å². The number of carbonyl (C=O) groups is 1. The van der Waals surface area contributed by atoms with E-state index in [0.717, 1.165) is 24.8 Å². The molecule has 0 bridgehead atoms. The van der Waals surface area contributed by atoms with E-state index in [2.05, 4.69) is 36.4 Å². The lowest BCUT2D eigenvalue weighted by Gasteiger charge is -2.29. The van der Waals surface area contributed by atoms with Gasteiger partial charge in [-0.1, -0.05) is 61.0 Å². The Labute approximate surface area is 143 Å². The summed E-state index contributed by atoms with van der Waals surface area (Å²) in [5.74, 6) is 0.128. The molecule has 3 nitrogen and oxygen atoms in total. The zero-order chi connectivity index (χ0) is 16.9. The highest BCUT2D eigenvalue weighted by atomic mass is 16.3. The number of hydrogen-bond donors (Lipinski definition) is 1. The van der Waals surface area contributed by atoms with Crippen molar-refractivity contribution in [3.05, 3.63) is 60.2 Å². The molecule has 1 aliphatic rings. The maximum Gasteiger partial charge on any atom is 0.225 e. The second-order valence-corrected chi connectivity index (χ2v) is 6.77. The van der Waals surface area contributed by atoms with Gasteiger partial charge < -0.3 is 10.0 Å². The van der Waals surface area contributed by atoms with Crippen LogP contribution in [0.3, 0.4) is 0 Å². The van der Waals surface area contributed by atoms with Crippen LogP contribution in [-0.2, 0) is 11.3 Å². The summed E-state index contributed by atoms with van der Waals surface area (Å²) in [4.78, 5) is 14.3. The van der Waals surface area contributed by atoms with Crippen molar-refractivity contribution in [1.82, 2.24) is 4.90 Å². The third-order valence-corrected chi connectivity index (χ3v) is 4.85. The van der Waals surface area contributed by atoms with Crippen molar-refractivity contribution in [2.45, 2.75) is 38.3 Å². The largest absolute Gasteiger partial charge is 0.393 e. The SMILES string of the molecule is CN(Cc1ccc(-c2ccccc2)cc1)C(=O)[C@@H]1CCC[C@@H](O)C1. The average molecular weight is 323 g/mol. The van der Waals surface area contributed by atoms with Gasteiger partial charge in [-0.15, -0.1) is 0 Å². The second kappa shape index (κ2) is 7.63. The van der Waals surface area contributed by atoms with Gasteiger partial charge in [-0.05, 0) is 36.0 Å². The van der Waals surface area contributed by atoms with Gasteiger partial charge in [-0.2, -0.15) is 0 Å². The topological polar surface area (TPSA) is 40.5 Å². The zero-order valence-electron chi connectivity index (χ0n) is 14.2. The van der Waals surface area contributed by atoms with Crippen LogP contribution in [0, 0.1) is 5.92 Å². The van der Waals surface area contributed by atoms with Crippen LogP contribution in [0.25, 0.3) is 11.1 Å². The third kappa shape index (κ3) is 4.04. The molecule has 126 valence electrons. The van der Waals surface area contributed by atoms with Crippen molar-refractivity contribution < 1.29 is 9.90 Å². The number of rotatable bonds is 4. The third-order valence-electron chi connectivity index (χ3n) is 4.85. The van der Waals surface area contributed by atoms with Gasteiger partial charge in [0.05, 0.1) is 6.10 Å². The molecule has 1 fully saturated rings. The summed E-state index contributed by atoms with van der Waals surface area (Å²) in [5.41, 5.74) is 3.51. The van der Waals surface area contributed by atoms with Gasteiger partial charge in [-0.25, -0.2) is 0 Å². The molecule has 3 rings (SSSR count). The molecule has 0 radical (unpaired) electrons. The summed E-state index contributed by atoms with van der Waals surface area (Å²) in [6.07, 6.45) is 2.96. The minimum Gasteiger partial charge on any atom is -0.393 e. The first kappa shape index (κ1) is 16.7. The molecule has 2 aromatic rings. The first-order valence-electron chi connectivity index (χ1n) is 8.71.